The van der Waals surface area contributed by atoms with Gasteiger partial charge in [-0.2, -0.15) is 0 Å². The van der Waals surface area contributed by atoms with Crippen molar-refractivity contribution in [2.24, 2.45) is 0 Å². The van der Waals surface area contributed by atoms with E-state index in [9.17, 15) is 12.9 Å². The zero-order valence-electron chi connectivity index (χ0n) is 10.0. The van der Waals surface area contributed by atoms with Gasteiger partial charge in [0.15, 0.2) is 0 Å². The fourth-order valence-corrected chi connectivity index (χ4v) is 3.26. The van der Waals surface area contributed by atoms with Gasteiger partial charge in [0.1, 0.15) is 0 Å². The molecule has 0 N–H and O–H groups in total. The van der Waals surface area contributed by atoms with Crippen molar-refractivity contribution in [2.75, 3.05) is 0 Å². The van der Waals surface area contributed by atoms with Gasteiger partial charge in [0, 0.05) is 0 Å². The molecule has 2 aliphatic rings. The molecule has 0 heterocycles. The largest absolute Gasteiger partial charge is 1.00 e. The van der Waals surface area contributed by atoms with Crippen molar-refractivity contribution in [2.45, 2.75) is 38.5 Å². The van der Waals surface area contributed by atoms with E-state index >= 15 is 0 Å². The molecule has 2 aliphatic carbocycles. The van der Waals surface area contributed by atoms with E-state index in [1.165, 1.54) is 0 Å². The van der Waals surface area contributed by atoms with E-state index in [0.29, 0.717) is 24.0 Å². The topological polar surface area (TPSA) is 0 Å². The van der Waals surface area contributed by atoms with Crippen molar-refractivity contribution >= 4 is 12.4 Å². The van der Waals surface area contributed by atoms with Crippen molar-refractivity contribution in [1.82, 2.24) is 0 Å². The van der Waals surface area contributed by atoms with Crippen molar-refractivity contribution < 1.29 is 64.3 Å². The Bertz CT molecular complexity index is 422. The van der Waals surface area contributed by atoms with Gasteiger partial charge < -0.3 is 12.9 Å². The maximum Gasteiger partial charge on any atom is 1.00 e. The molecule has 0 unspecified atom stereocenters. The Morgan fingerprint density at radius 2 is 1.29 bits per heavy atom. The monoisotopic (exact) mass is 264 g/mol. The minimum atomic E-state index is -4.83. The number of hydrogen-bond donors (Lipinski definition) is 0. The fourth-order valence-electron chi connectivity index (χ4n) is 3.26. The predicted molar refractivity (Wildman–Crippen MR) is 59.2 cm³/mol. The molecule has 0 spiro atoms. The molecule has 0 radical (unpaired) electrons. The van der Waals surface area contributed by atoms with Crippen molar-refractivity contribution in [3.63, 3.8) is 0 Å². The molecule has 0 aliphatic heterocycles. The number of aryl methyl sites for hydroxylation is 2. The summed E-state index contributed by atoms with van der Waals surface area (Å²) in [5.41, 5.74) is 2.95. The predicted octanol–water partition coefficient (Wildman–Crippen LogP) is -0.278. The van der Waals surface area contributed by atoms with Crippen LogP contribution in [0.25, 0.3) is 0 Å². The molecule has 0 bridgehead atoms. The second-order valence-corrected chi connectivity index (χ2v) is 4.85. The minimum absolute atomic E-state index is 0. The molecule has 0 saturated carbocycles. The van der Waals surface area contributed by atoms with Crippen molar-refractivity contribution in [3.8, 4) is 0 Å². The smallest absolute Gasteiger partial charge is 0.445 e. The normalized spacial score (nSPS) is 17.6. The molecule has 0 nitrogen and oxygen atoms in total. The van der Waals surface area contributed by atoms with Crippen LogP contribution in [-0.4, -0.2) is 6.98 Å². The number of benzene rings is 1. The number of halogens is 3. The molecule has 1 aromatic carbocycles. The van der Waals surface area contributed by atoms with E-state index in [-0.39, 0.29) is 56.8 Å². The molecule has 0 fully saturated rings. The molecular formula is C12H13BF3K. The number of hydrogen-bond acceptors (Lipinski definition) is 0. The van der Waals surface area contributed by atoms with Crippen LogP contribution in [0.4, 0.5) is 12.9 Å². The zero-order valence-corrected chi connectivity index (χ0v) is 13.2. The van der Waals surface area contributed by atoms with Gasteiger partial charge in [0.25, 0.3) is 0 Å². The quantitative estimate of drug-likeness (QED) is 0.612. The second kappa shape index (κ2) is 5.00. The van der Waals surface area contributed by atoms with Gasteiger partial charge in [-0.3, -0.25) is 0 Å². The standard InChI is InChI=1S/C12H13BF3.K/c14-13(15,16)12-10-5-1-3-8(10)7-9-4-2-6-11(9)12;/h7H,1-6H2;/q-1;+1. The zero-order chi connectivity index (χ0) is 11.3. The van der Waals surface area contributed by atoms with Gasteiger partial charge in [0.05, 0.1) is 0 Å². The van der Waals surface area contributed by atoms with E-state index in [1.54, 1.807) is 0 Å². The summed E-state index contributed by atoms with van der Waals surface area (Å²) in [6, 6.07) is 2.04. The third-order valence-electron chi connectivity index (χ3n) is 3.85. The third-order valence-corrected chi connectivity index (χ3v) is 3.85. The fraction of sp³-hybridized carbons (Fsp3) is 0.500. The second-order valence-electron chi connectivity index (χ2n) is 4.85. The van der Waals surface area contributed by atoms with Crippen LogP contribution in [0.3, 0.4) is 0 Å². The Balaban J connectivity index is 0.00000108. The summed E-state index contributed by atoms with van der Waals surface area (Å²) in [7, 11) is 0. The first-order valence-corrected chi connectivity index (χ1v) is 5.93. The van der Waals surface area contributed by atoms with Crippen LogP contribution in [0.2, 0.25) is 0 Å². The van der Waals surface area contributed by atoms with Crippen LogP contribution in [0.15, 0.2) is 6.07 Å². The van der Waals surface area contributed by atoms with Crippen LogP contribution < -0.4 is 56.8 Å². The van der Waals surface area contributed by atoms with Gasteiger partial charge in [0.2, 0.25) is 0 Å². The van der Waals surface area contributed by atoms with Gasteiger partial charge in [-0.25, -0.2) is 0 Å². The SMILES string of the molecule is F[B-](F)(F)c1c2c(cc3c1CCC3)CCC2.[K+]. The summed E-state index contributed by atoms with van der Waals surface area (Å²) in [6.07, 6.45) is 4.69. The van der Waals surface area contributed by atoms with Crippen LogP contribution in [0.5, 0.6) is 0 Å². The van der Waals surface area contributed by atoms with Crippen molar-refractivity contribution in [1.29, 1.82) is 0 Å². The molecule has 0 saturated heterocycles. The van der Waals surface area contributed by atoms with Crippen molar-refractivity contribution in [3.05, 3.63) is 28.3 Å². The summed E-state index contributed by atoms with van der Waals surface area (Å²) >= 11 is 0. The van der Waals surface area contributed by atoms with E-state index in [1.807, 2.05) is 6.07 Å². The summed E-state index contributed by atoms with van der Waals surface area (Å²) < 4.78 is 39.5. The number of rotatable bonds is 1. The van der Waals surface area contributed by atoms with E-state index in [0.717, 1.165) is 36.8 Å². The molecular weight excluding hydrogens is 251 g/mol. The molecule has 86 valence electrons. The average Bonchev–Trinajstić information content (AvgIpc) is 2.77. The van der Waals surface area contributed by atoms with Crippen LogP contribution in [0.1, 0.15) is 35.1 Å². The molecule has 0 amide bonds. The average molecular weight is 264 g/mol. The van der Waals surface area contributed by atoms with Gasteiger partial charge >= 0.3 is 58.4 Å². The Morgan fingerprint density at radius 3 is 1.71 bits per heavy atom. The van der Waals surface area contributed by atoms with E-state index in [4.69, 9.17) is 0 Å². The summed E-state index contributed by atoms with van der Waals surface area (Å²) in [5.74, 6) is 0. The number of fused-ring (bicyclic) bond motifs is 2. The summed E-state index contributed by atoms with van der Waals surface area (Å²) in [5, 5.41) is 0. The Labute approximate surface area is 142 Å². The molecule has 1 aromatic rings. The Kier molecular flexibility index (Phi) is 4.16. The third kappa shape index (κ3) is 2.41. The molecule has 3 rings (SSSR count). The van der Waals surface area contributed by atoms with E-state index in [2.05, 4.69) is 0 Å². The molecule has 0 atom stereocenters. The van der Waals surface area contributed by atoms with Gasteiger partial charge in [-0.15, -0.1) is 5.46 Å². The molecule has 17 heavy (non-hydrogen) atoms. The Morgan fingerprint density at radius 1 is 0.824 bits per heavy atom. The van der Waals surface area contributed by atoms with Crippen LogP contribution in [0, 0.1) is 0 Å². The Hall–Kier alpha value is 0.711. The minimum Gasteiger partial charge on any atom is -0.445 e. The maximum absolute atomic E-state index is 13.2. The van der Waals surface area contributed by atoms with Gasteiger partial charge in [-0.1, -0.05) is 17.2 Å². The first-order valence-electron chi connectivity index (χ1n) is 5.93. The van der Waals surface area contributed by atoms with Crippen LogP contribution in [-0.2, 0) is 25.7 Å². The summed E-state index contributed by atoms with van der Waals surface area (Å²) in [6.45, 7) is -4.83. The molecule has 5 heteroatoms. The maximum atomic E-state index is 13.2. The molecule has 0 aromatic heterocycles. The first kappa shape index (κ1) is 14.1. The first-order chi connectivity index (χ1) is 7.57. The van der Waals surface area contributed by atoms with Crippen LogP contribution >= 0.6 is 0 Å². The van der Waals surface area contributed by atoms with Gasteiger partial charge in [-0.05, 0) is 49.7 Å². The summed E-state index contributed by atoms with van der Waals surface area (Å²) in [4.78, 5) is 0. The van der Waals surface area contributed by atoms with E-state index < -0.39 is 6.98 Å².